The van der Waals surface area contributed by atoms with Crippen LogP contribution in [0, 0.1) is 5.92 Å². The first-order chi connectivity index (χ1) is 13.1. The van der Waals surface area contributed by atoms with Crippen LogP contribution in [0.2, 0.25) is 0 Å². The molecule has 138 valence electrons. The van der Waals surface area contributed by atoms with Crippen molar-refractivity contribution < 1.29 is 18.9 Å². The van der Waals surface area contributed by atoms with Crippen LogP contribution in [-0.2, 0) is 4.74 Å². The summed E-state index contributed by atoms with van der Waals surface area (Å²) in [4.78, 5) is 0. The maximum absolute atomic E-state index is 6.31. The second kappa shape index (κ2) is 5.89. The molecule has 0 N–H and O–H groups in total. The lowest BCUT2D eigenvalue weighted by Crippen LogP contribution is -2.47. The minimum Gasteiger partial charge on any atom is -0.462 e. The topological polar surface area (TPSA) is 36.9 Å². The van der Waals surface area contributed by atoms with Gasteiger partial charge in [0.05, 0.1) is 0 Å². The normalized spacial score (nSPS) is 25.9. The molecule has 3 unspecified atom stereocenters. The Morgan fingerprint density at radius 3 is 2.48 bits per heavy atom. The first-order valence-corrected chi connectivity index (χ1v) is 9.26. The van der Waals surface area contributed by atoms with Crippen LogP contribution in [0.3, 0.4) is 0 Å². The van der Waals surface area contributed by atoms with Crippen LogP contribution >= 0.6 is 0 Å². The van der Waals surface area contributed by atoms with E-state index in [1.54, 1.807) is 7.11 Å². The van der Waals surface area contributed by atoms with Crippen LogP contribution in [0.25, 0.3) is 10.8 Å². The lowest BCUT2D eigenvalue weighted by atomic mass is 9.74. The van der Waals surface area contributed by atoms with Gasteiger partial charge in [-0.3, -0.25) is 0 Å². The number of benzene rings is 3. The number of rotatable bonds is 2. The highest BCUT2D eigenvalue weighted by Gasteiger charge is 2.46. The Morgan fingerprint density at radius 2 is 1.67 bits per heavy atom. The molecule has 0 spiro atoms. The fourth-order valence-corrected chi connectivity index (χ4v) is 4.34. The largest absolute Gasteiger partial charge is 0.462 e. The van der Waals surface area contributed by atoms with Crippen LogP contribution in [-0.4, -0.2) is 19.7 Å². The van der Waals surface area contributed by atoms with Crippen molar-refractivity contribution in [2.24, 2.45) is 5.92 Å². The zero-order chi connectivity index (χ0) is 18.6. The third-order valence-corrected chi connectivity index (χ3v) is 6.04. The molecule has 0 bridgehead atoms. The number of methoxy groups -OCH3 is 1. The average molecular weight is 362 g/mol. The maximum atomic E-state index is 6.31. The van der Waals surface area contributed by atoms with Crippen molar-refractivity contribution >= 4 is 10.8 Å². The molecule has 0 radical (unpaired) electrons. The zero-order valence-electron chi connectivity index (χ0n) is 15.7. The average Bonchev–Trinajstić information content (AvgIpc) is 3.15. The molecule has 3 aromatic rings. The lowest BCUT2D eigenvalue weighted by Gasteiger charge is -2.44. The van der Waals surface area contributed by atoms with Gasteiger partial charge in [-0.25, -0.2) is 0 Å². The Bertz CT molecular complexity index is 1020. The molecule has 0 aromatic heterocycles. The summed E-state index contributed by atoms with van der Waals surface area (Å²) < 4.78 is 23.4. The molecule has 4 nitrogen and oxygen atoms in total. The van der Waals surface area contributed by atoms with Gasteiger partial charge in [-0.2, -0.15) is 0 Å². The van der Waals surface area contributed by atoms with E-state index in [1.165, 1.54) is 16.3 Å². The van der Waals surface area contributed by atoms with Crippen LogP contribution in [0.1, 0.15) is 30.9 Å². The van der Waals surface area contributed by atoms with Crippen molar-refractivity contribution in [3.8, 4) is 17.2 Å². The minimum absolute atomic E-state index is 0.0983. The number of ether oxygens (including phenoxy) is 4. The molecule has 2 heterocycles. The van der Waals surface area contributed by atoms with E-state index in [9.17, 15) is 0 Å². The summed E-state index contributed by atoms with van der Waals surface area (Å²) >= 11 is 0. The van der Waals surface area contributed by atoms with E-state index in [0.29, 0.717) is 0 Å². The summed E-state index contributed by atoms with van der Waals surface area (Å²) in [5.74, 6) is 1.76. The third-order valence-electron chi connectivity index (χ3n) is 6.04. The molecule has 3 atom stereocenters. The summed E-state index contributed by atoms with van der Waals surface area (Å²) in [6, 6.07) is 19.0. The molecule has 3 aromatic carbocycles. The molecular weight excluding hydrogens is 340 g/mol. The van der Waals surface area contributed by atoms with Gasteiger partial charge in [-0.05, 0) is 22.4 Å². The lowest BCUT2D eigenvalue weighted by molar-refractivity contribution is -0.194. The molecule has 27 heavy (non-hydrogen) atoms. The Morgan fingerprint density at radius 1 is 0.926 bits per heavy atom. The van der Waals surface area contributed by atoms with Gasteiger partial charge < -0.3 is 18.9 Å². The van der Waals surface area contributed by atoms with E-state index in [1.807, 2.05) is 13.0 Å². The van der Waals surface area contributed by atoms with E-state index in [0.717, 1.165) is 22.8 Å². The first-order valence-electron chi connectivity index (χ1n) is 9.26. The fourth-order valence-electron chi connectivity index (χ4n) is 4.34. The first kappa shape index (κ1) is 16.5. The second-order valence-electron chi connectivity index (χ2n) is 7.40. The Labute approximate surface area is 158 Å². The van der Waals surface area contributed by atoms with Crippen molar-refractivity contribution in [3.63, 3.8) is 0 Å². The number of hydrogen-bond donors (Lipinski definition) is 0. The molecule has 0 saturated heterocycles. The second-order valence-corrected chi connectivity index (χ2v) is 7.40. The Balaban J connectivity index is 1.77. The van der Waals surface area contributed by atoms with Gasteiger partial charge in [0.15, 0.2) is 11.5 Å². The highest BCUT2D eigenvalue weighted by atomic mass is 16.7. The summed E-state index contributed by atoms with van der Waals surface area (Å²) in [7, 11) is 1.70. The van der Waals surface area contributed by atoms with Gasteiger partial charge in [0.1, 0.15) is 5.75 Å². The van der Waals surface area contributed by atoms with Gasteiger partial charge in [-0.1, -0.05) is 49.4 Å². The van der Waals surface area contributed by atoms with E-state index in [2.05, 4.69) is 55.5 Å². The standard InChI is InChI=1S/C23H22O4/c1-14-22(17-10-6-8-15-7-4-5-9-16(15)17)18-11-20-21(26-13-25-20)12-19(18)27-23(14,2)24-3/h4-12,14,22H,13H2,1-3H3. The van der Waals surface area contributed by atoms with Crippen LogP contribution < -0.4 is 14.2 Å². The third kappa shape index (κ3) is 2.40. The Kier molecular flexibility index (Phi) is 3.59. The molecule has 5 rings (SSSR count). The molecule has 2 aliphatic rings. The van der Waals surface area contributed by atoms with Crippen molar-refractivity contribution in [3.05, 3.63) is 65.7 Å². The van der Waals surface area contributed by atoms with Gasteiger partial charge in [-0.15, -0.1) is 0 Å². The van der Waals surface area contributed by atoms with Crippen molar-refractivity contribution in [1.29, 1.82) is 0 Å². The predicted octanol–water partition coefficient (Wildman–Crippen LogP) is 5.09. The smallest absolute Gasteiger partial charge is 0.231 e. The molecule has 0 saturated carbocycles. The fraction of sp³-hybridized carbons (Fsp3) is 0.304. The van der Waals surface area contributed by atoms with E-state index in [-0.39, 0.29) is 18.6 Å². The highest BCUT2D eigenvalue weighted by Crippen LogP contribution is 2.53. The number of hydrogen-bond acceptors (Lipinski definition) is 4. The molecule has 4 heteroatoms. The van der Waals surface area contributed by atoms with Gasteiger partial charge in [0, 0.05) is 37.5 Å². The van der Waals surface area contributed by atoms with E-state index >= 15 is 0 Å². The SMILES string of the molecule is COC1(C)Oc2cc3c(cc2C(c2cccc4ccccc24)C1C)OCO3. The molecule has 0 aliphatic carbocycles. The maximum Gasteiger partial charge on any atom is 0.231 e. The van der Waals surface area contributed by atoms with Crippen LogP contribution in [0.4, 0.5) is 0 Å². The summed E-state index contributed by atoms with van der Waals surface area (Å²) in [6.45, 7) is 4.43. The van der Waals surface area contributed by atoms with Crippen LogP contribution in [0.15, 0.2) is 54.6 Å². The summed E-state index contributed by atoms with van der Waals surface area (Å²) in [5.41, 5.74) is 2.38. The minimum atomic E-state index is -0.734. The van der Waals surface area contributed by atoms with Gasteiger partial charge in [0.25, 0.3) is 0 Å². The van der Waals surface area contributed by atoms with E-state index < -0.39 is 5.79 Å². The molecule has 0 amide bonds. The van der Waals surface area contributed by atoms with Crippen LogP contribution in [0.5, 0.6) is 17.2 Å². The van der Waals surface area contributed by atoms with Crippen molar-refractivity contribution in [2.45, 2.75) is 25.6 Å². The monoisotopic (exact) mass is 362 g/mol. The Hall–Kier alpha value is -2.72. The zero-order valence-corrected chi connectivity index (χ0v) is 15.7. The molecular formula is C23H22O4. The predicted molar refractivity (Wildman–Crippen MR) is 104 cm³/mol. The summed E-state index contributed by atoms with van der Waals surface area (Å²) in [6.07, 6.45) is 0. The quantitative estimate of drug-likeness (QED) is 0.636. The highest BCUT2D eigenvalue weighted by molar-refractivity contribution is 5.87. The van der Waals surface area contributed by atoms with E-state index in [4.69, 9.17) is 18.9 Å². The number of fused-ring (bicyclic) bond motifs is 3. The molecule has 2 aliphatic heterocycles. The summed E-state index contributed by atoms with van der Waals surface area (Å²) in [5, 5.41) is 2.48. The van der Waals surface area contributed by atoms with Gasteiger partial charge in [0.2, 0.25) is 12.6 Å². The van der Waals surface area contributed by atoms with Crippen molar-refractivity contribution in [2.75, 3.05) is 13.9 Å². The van der Waals surface area contributed by atoms with Crippen molar-refractivity contribution in [1.82, 2.24) is 0 Å². The molecule has 0 fully saturated rings. The van der Waals surface area contributed by atoms with Gasteiger partial charge >= 0.3 is 0 Å².